The van der Waals surface area contributed by atoms with Crippen molar-refractivity contribution < 1.29 is 17.4 Å². The maximum Gasteiger partial charge on any atom is 0.297 e. The number of Topliss-reactive ketones (excluding diaryl/α,β-unsaturated/α-hetero) is 1. The molecular weight excluding hydrogens is 372 g/mol. The van der Waals surface area contributed by atoms with Crippen LogP contribution >= 0.6 is 0 Å². The standard InChI is InChI=1S/C23H36O4S/c1-19-14-16-21(17-15-19)28(25,26)27-23-13-11-9-7-5-3-4-6-8-10-12-20(2)18-22(23)24/h14-17,20,23H,3-13,18H2,1-2H3. The van der Waals surface area contributed by atoms with Crippen molar-refractivity contribution in [1.82, 2.24) is 0 Å². The van der Waals surface area contributed by atoms with Gasteiger partial charge in [-0.15, -0.1) is 0 Å². The molecule has 1 saturated carbocycles. The quantitative estimate of drug-likeness (QED) is 0.578. The van der Waals surface area contributed by atoms with Crippen molar-refractivity contribution in [3.8, 4) is 0 Å². The van der Waals surface area contributed by atoms with Crippen molar-refractivity contribution in [1.29, 1.82) is 0 Å². The highest BCUT2D eigenvalue weighted by Crippen LogP contribution is 2.23. The molecule has 0 N–H and O–H groups in total. The summed E-state index contributed by atoms with van der Waals surface area (Å²) in [6.07, 6.45) is 11.5. The van der Waals surface area contributed by atoms with Gasteiger partial charge in [0.2, 0.25) is 0 Å². The fourth-order valence-electron chi connectivity index (χ4n) is 3.81. The first-order chi connectivity index (χ1) is 13.4. The highest BCUT2D eigenvalue weighted by molar-refractivity contribution is 7.86. The Balaban J connectivity index is 2.07. The van der Waals surface area contributed by atoms with E-state index in [1.165, 1.54) is 32.1 Å². The molecule has 5 heteroatoms. The molecule has 4 nitrogen and oxygen atoms in total. The third kappa shape index (κ3) is 8.04. The van der Waals surface area contributed by atoms with Gasteiger partial charge in [-0.05, 0) is 31.4 Å². The Morgan fingerprint density at radius 2 is 1.32 bits per heavy atom. The minimum absolute atomic E-state index is 0.0712. The Morgan fingerprint density at radius 3 is 1.89 bits per heavy atom. The molecule has 2 atom stereocenters. The van der Waals surface area contributed by atoms with Crippen LogP contribution in [0.1, 0.15) is 89.5 Å². The SMILES string of the molecule is Cc1ccc(S(=O)(=O)OC2CCCCCCCCCCCC(C)CC2=O)cc1. The van der Waals surface area contributed by atoms with Crippen LogP contribution in [-0.4, -0.2) is 20.3 Å². The fraction of sp³-hybridized carbons (Fsp3) is 0.696. The summed E-state index contributed by atoms with van der Waals surface area (Å²) in [7, 11) is -3.93. The highest BCUT2D eigenvalue weighted by Gasteiger charge is 2.28. The number of ketones is 1. The van der Waals surface area contributed by atoms with Gasteiger partial charge in [-0.25, -0.2) is 0 Å². The Kier molecular flexibility index (Phi) is 9.66. The van der Waals surface area contributed by atoms with Gasteiger partial charge < -0.3 is 0 Å². The number of carbonyl (C=O) groups excluding carboxylic acids is 1. The smallest absolute Gasteiger partial charge is 0.297 e. The largest absolute Gasteiger partial charge is 0.297 e. The number of carbonyl (C=O) groups is 1. The van der Waals surface area contributed by atoms with Gasteiger partial charge in [0.05, 0.1) is 4.90 Å². The van der Waals surface area contributed by atoms with E-state index in [4.69, 9.17) is 4.18 Å². The highest BCUT2D eigenvalue weighted by atomic mass is 32.2. The first-order valence-corrected chi connectivity index (χ1v) is 12.3. The zero-order valence-electron chi connectivity index (χ0n) is 17.5. The molecule has 158 valence electrons. The van der Waals surface area contributed by atoms with Crippen LogP contribution in [0.5, 0.6) is 0 Å². The molecule has 1 aromatic carbocycles. The van der Waals surface area contributed by atoms with Gasteiger partial charge in [-0.1, -0.05) is 88.8 Å². The lowest BCUT2D eigenvalue weighted by molar-refractivity contribution is -0.126. The molecule has 0 bridgehead atoms. The summed E-state index contributed by atoms with van der Waals surface area (Å²) in [5, 5.41) is 0. The Morgan fingerprint density at radius 1 is 0.821 bits per heavy atom. The molecule has 1 aliphatic rings. The summed E-state index contributed by atoms with van der Waals surface area (Å²) in [4.78, 5) is 13.0. The summed E-state index contributed by atoms with van der Waals surface area (Å²) < 4.78 is 30.8. The second kappa shape index (κ2) is 11.7. The van der Waals surface area contributed by atoms with E-state index in [0.717, 1.165) is 37.7 Å². The van der Waals surface area contributed by atoms with Crippen molar-refractivity contribution in [2.75, 3.05) is 0 Å². The minimum atomic E-state index is -3.93. The summed E-state index contributed by atoms with van der Waals surface area (Å²) in [5.74, 6) is 0.198. The second-order valence-corrected chi connectivity index (χ2v) is 9.96. The molecule has 1 aliphatic carbocycles. The Bertz CT molecular complexity index is 694. The monoisotopic (exact) mass is 408 g/mol. The average Bonchev–Trinajstić information content (AvgIpc) is 2.65. The van der Waals surface area contributed by atoms with E-state index in [2.05, 4.69) is 6.92 Å². The van der Waals surface area contributed by atoms with Crippen molar-refractivity contribution in [3.05, 3.63) is 29.8 Å². The van der Waals surface area contributed by atoms with Gasteiger partial charge in [0.1, 0.15) is 6.10 Å². The number of aryl methyl sites for hydroxylation is 1. The van der Waals surface area contributed by atoms with Gasteiger partial charge in [-0.3, -0.25) is 8.98 Å². The lowest BCUT2D eigenvalue weighted by Gasteiger charge is -2.19. The molecule has 0 aromatic heterocycles. The molecule has 1 fully saturated rings. The van der Waals surface area contributed by atoms with E-state index in [1.54, 1.807) is 24.3 Å². The maximum atomic E-state index is 12.8. The molecular formula is C23H36O4S. The topological polar surface area (TPSA) is 60.4 Å². The normalized spacial score (nSPS) is 24.3. The van der Waals surface area contributed by atoms with E-state index in [0.29, 0.717) is 12.8 Å². The number of rotatable bonds is 3. The first-order valence-electron chi connectivity index (χ1n) is 10.9. The van der Waals surface area contributed by atoms with Gasteiger partial charge >= 0.3 is 0 Å². The summed E-state index contributed by atoms with van der Waals surface area (Å²) in [6.45, 7) is 3.99. The minimum Gasteiger partial charge on any atom is -0.297 e. The third-order valence-corrected chi connectivity index (χ3v) is 6.96. The molecule has 0 radical (unpaired) electrons. The zero-order valence-corrected chi connectivity index (χ0v) is 18.3. The summed E-state index contributed by atoms with van der Waals surface area (Å²) in [5.41, 5.74) is 0.984. The van der Waals surface area contributed by atoms with Crippen LogP contribution in [0, 0.1) is 12.8 Å². The summed E-state index contributed by atoms with van der Waals surface area (Å²) >= 11 is 0. The average molecular weight is 409 g/mol. The van der Waals surface area contributed by atoms with Crippen molar-refractivity contribution in [2.24, 2.45) is 5.92 Å². The van der Waals surface area contributed by atoms with E-state index in [9.17, 15) is 13.2 Å². The van der Waals surface area contributed by atoms with Crippen LogP contribution in [0.2, 0.25) is 0 Å². The Hall–Kier alpha value is -1.20. The summed E-state index contributed by atoms with van der Waals surface area (Å²) in [6, 6.07) is 6.59. The van der Waals surface area contributed by atoms with E-state index >= 15 is 0 Å². The van der Waals surface area contributed by atoms with Crippen LogP contribution in [-0.2, 0) is 19.1 Å². The van der Waals surface area contributed by atoms with Crippen LogP contribution in [0.4, 0.5) is 0 Å². The molecule has 0 heterocycles. The molecule has 2 unspecified atom stereocenters. The maximum absolute atomic E-state index is 12.8. The first kappa shape index (κ1) is 23.1. The van der Waals surface area contributed by atoms with Crippen molar-refractivity contribution in [2.45, 2.75) is 102 Å². The van der Waals surface area contributed by atoms with Gasteiger partial charge in [0.15, 0.2) is 5.78 Å². The number of hydrogen-bond donors (Lipinski definition) is 0. The fourth-order valence-corrected chi connectivity index (χ4v) is 4.90. The third-order valence-electron chi connectivity index (χ3n) is 5.62. The van der Waals surface area contributed by atoms with Crippen molar-refractivity contribution in [3.63, 3.8) is 0 Å². The molecule has 0 saturated heterocycles. The lowest BCUT2D eigenvalue weighted by atomic mass is 9.94. The predicted molar refractivity (Wildman–Crippen MR) is 113 cm³/mol. The number of benzene rings is 1. The van der Waals surface area contributed by atoms with Gasteiger partial charge in [0.25, 0.3) is 10.1 Å². The van der Waals surface area contributed by atoms with Crippen molar-refractivity contribution >= 4 is 15.9 Å². The molecule has 2 rings (SSSR count). The van der Waals surface area contributed by atoms with Crippen LogP contribution in [0.25, 0.3) is 0 Å². The van der Waals surface area contributed by atoms with E-state index in [1.807, 2.05) is 6.92 Å². The molecule has 28 heavy (non-hydrogen) atoms. The molecule has 0 aliphatic heterocycles. The lowest BCUT2D eigenvalue weighted by Crippen LogP contribution is -2.29. The predicted octanol–water partition coefficient (Wildman–Crippen LogP) is 5.97. The molecule has 1 aromatic rings. The van der Waals surface area contributed by atoms with Gasteiger partial charge in [-0.2, -0.15) is 8.42 Å². The number of hydrogen-bond acceptors (Lipinski definition) is 4. The Labute approximate surface area is 171 Å². The second-order valence-electron chi connectivity index (χ2n) is 8.39. The van der Waals surface area contributed by atoms with Crippen LogP contribution < -0.4 is 0 Å². The molecule has 0 spiro atoms. The van der Waals surface area contributed by atoms with E-state index < -0.39 is 16.2 Å². The van der Waals surface area contributed by atoms with Crippen LogP contribution in [0.3, 0.4) is 0 Å². The zero-order chi connectivity index (χ0) is 20.4. The van der Waals surface area contributed by atoms with Crippen LogP contribution in [0.15, 0.2) is 29.2 Å². The van der Waals surface area contributed by atoms with Gasteiger partial charge in [0, 0.05) is 6.42 Å². The molecule has 0 amide bonds. The van der Waals surface area contributed by atoms with E-state index in [-0.39, 0.29) is 16.6 Å².